The van der Waals surface area contributed by atoms with Crippen molar-refractivity contribution in [3.8, 4) is 12.1 Å². The van der Waals surface area contributed by atoms with Crippen molar-refractivity contribution in [2.45, 2.75) is 52.1 Å². The molecule has 0 radical (unpaired) electrons. The summed E-state index contributed by atoms with van der Waals surface area (Å²) in [6.45, 7) is 7.47. The number of amides is 1. The first-order chi connectivity index (χ1) is 9.89. The standard InChI is InChI=1S/C15H26N4O2/c1-15(2,3)21-14(20)18-10-6-4-5-7-11-19(12-8-16)13-9-17/h4-7,10-13H2,1-3H3,(H,18,20). The zero-order valence-corrected chi connectivity index (χ0v) is 13.3. The van der Waals surface area contributed by atoms with Crippen molar-refractivity contribution in [1.29, 1.82) is 10.5 Å². The molecule has 0 aliphatic carbocycles. The van der Waals surface area contributed by atoms with Crippen molar-refractivity contribution in [2.75, 3.05) is 26.2 Å². The van der Waals surface area contributed by atoms with E-state index in [4.69, 9.17) is 15.3 Å². The molecule has 0 aromatic carbocycles. The number of rotatable bonds is 9. The van der Waals surface area contributed by atoms with Crippen LogP contribution in [-0.2, 0) is 4.74 Å². The Labute approximate surface area is 127 Å². The van der Waals surface area contributed by atoms with Crippen LogP contribution in [0.2, 0.25) is 0 Å². The summed E-state index contributed by atoms with van der Waals surface area (Å²) >= 11 is 0. The fourth-order valence-corrected chi connectivity index (χ4v) is 1.73. The average Bonchev–Trinajstić information content (AvgIpc) is 2.36. The fourth-order valence-electron chi connectivity index (χ4n) is 1.73. The molecule has 0 saturated heterocycles. The molecule has 6 heteroatoms. The molecular weight excluding hydrogens is 268 g/mol. The largest absolute Gasteiger partial charge is 0.444 e. The van der Waals surface area contributed by atoms with Gasteiger partial charge in [0.2, 0.25) is 0 Å². The highest BCUT2D eigenvalue weighted by molar-refractivity contribution is 5.67. The highest BCUT2D eigenvalue weighted by Gasteiger charge is 2.15. The third kappa shape index (κ3) is 13.0. The second-order valence-corrected chi connectivity index (χ2v) is 5.87. The lowest BCUT2D eigenvalue weighted by molar-refractivity contribution is 0.0527. The van der Waals surface area contributed by atoms with Gasteiger partial charge in [-0.05, 0) is 33.6 Å². The van der Waals surface area contributed by atoms with Gasteiger partial charge < -0.3 is 10.1 Å². The molecular formula is C15H26N4O2. The van der Waals surface area contributed by atoms with Crippen molar-refractivity contribution >= 4 is 6.09 Å². The third-order valence-corrected chi connectivity index (χ3v) is 2.66. The molecule has 1 N–H and O–H groups in total. The molecule has 0 rings (SSSR count). The van der Waals surface area contributed by atoms with Crippen LogP contribution in [0.25, 0.3) is 0 Å². The van der Waals surface area contributed by atoms with Gasteiger partial charge in [-0.15, -0.1) is 0 Å². The Balaban J connectivity index is 3.54. The van der Waals surface area contributed by atoms with Crippen LogP contribution in [-0.4, -0.2) is 42.8 Å². The Morgan fingerprint density at radius 3 is 2.19 bits per heavy atom. The zero-order chi connectivity index (χ0) is 16.1. The summed E-state index contributed by atoms with van der Waals surface area (Å²) in [7, 11) is 0. The molecule has 21 heavy (non-hydrogen) atoms. The number of nitrogens with zero attached hydrogens (tertiary/aromatic N) is 3. The molecule has 0 aliphatic heterocycles. The molecule has 6 nitrogen and oxygen atoms in total. The number of hydrogen-bond donors (Lipinski definition) is 1. The third-order valence-electron chi connectivity index (χ3n) is 2.66. The van der Waals surface area contributed by atoms with Gasteiger partial charge in [-0.3, -0.25) is 4.90 Å². The van der Waals surface area contributed by atoms with Gasteiger partial charge in [0.05, 0.1) is 25.2 Å². The van der Waals surface area contributed by atoms with Gasteiger partial charge in [0.25, 0.3) is 0 Å². The first-order valence-electron chi connectivity index (χ1n) is 7.32. The Morgan fingerprint density at radius 1 is 1.10 bits per heavy atom. The lowest BCUT2D eigenvalue weighted by atomic mass is 10.2. The lowest BCUT2D eigenvalue weighted by Gasteiger charge is -2.19. The van der Waals surface area contributed by atoms with Crippen LogP contribution in [0, 0.1) is 22.7 Å². The maximum absolute atomic E-state index is 11.4. The number of unbranched alkanes of at least 4 members (excludes halogenated alkanes) is 3. The number of hydrogen-bond acceptors (Lipinski definition) is 5. The van der Waals surface area contributed by atoms with E-state index in [1.54, 1.807) is 0 Å². The highest BCUT2D eigenvalue weighted by atomic mass is 16.6. The average molecular weight is 294 g/mol. The molecule has 118 valence electrons. The number of carbonyl (C=O) groups excluding carboxylic acids is 1. The van der Waals surface area contributed by atoms with Gasteiger partial charge in [0.1, 0.15) is 5.60 Å². The van der Waals surface area contributed by atoms with Crippen molar-refractivity contribution in [2.24, 2.45) is 0 Å². The van der Waals surface area contributed by atoms with Crippen LogP contribution in [0.1, 0.15) is 46.5 Å². The lowest BCUT2D eigenvalue weighted by Crippen LogP contribution is -2.33. The molecule has 0 spiro atoms. The van der Waals surface area contributed by atoms with E-state index >= 15 is 0 Å². The summed E-state index contributed by atoms with van der Waals surface area (Å²) in [5, 5.41) is 20.0. The maximum atomic E-state index is 11.4. The second-order valence-electron chi connectivity index (χ2n) is 5.87. The van der Waals surface area contributed by atoms with Crippen LogP contribution in [0.3, 0.4) is 0 Å². The van der Waals surface area contributed by atoms with Gasteiger partial charge in [-0.25, -0.2) is 4.79 Å². The second kappa shape index (κ2) is 10.9. The summed E-state index contributed by atoms with van der Waals surface area (Å²) in [5.74, 6) is 0. The molecule has 0 bridgehead atoms. The normalized spacial score (nSPS) is 10.8. The predicted octanol–water partition coefficient (Wildman–Crippen LogP) is 2.42. The predicted molar refractivity (Wildman–Crippen MR) is 80.4 cm³/mol. The molecule has 0 aliphatic rings. The van der Waals surface area contributed by atoms with Crippen LogP contribution < -0.4 is 5.32 Å². The smallest absolute Gasteiger partial charge is 0.407 e. The SMILES string of the molecule is CC(C)(C)OC(=O)NCCCCCCN(CC#N)CC#N. The van der Waals surface area contributed by atoms with Gasteiger partial charge in [0, 0.05) is 13.1 Å². The van der Waals surface area contributed by atoms with Crippen molar-refractivity contribution < 1.29 is 9.53 Å². The monoisotopic (exact) mass is 294 g/mol. The fraction of sp³-hybridized carbons (Fsp3) is 0.800. The van der Waals surface area contributed by atoms with E-state index in [1.165, 1.54) is 0 Å². The number of nitrogens with one attached hydrogen (secondary N) is 1. The molecule has 0 heterocycles. The van der Waals surface area contributed by atoms with E-state index < -0.39 is 5.60 Å². The highest BCUT2D eigenvalue weighted by Crippen LogP contribution is 2.06. The number of carbonyl (C=O) groups is 1. The molecule has 0 aromatic rings. The number of alkyl carbamates (subject to hydrolysis) is 1. The van der Waals surface area contributed by atoms with Gasteiger partial charge in [-0.2, -0.15) is 10.5 Å². The Morgan fingerprint density at radius 2 is 1.67 bits per heavy atom. The molecule has 0 atom stereocenters. The maximum Gasteiger partial charge on any atom is 0.407 e. The van der Waals surface area contributed by atoms with Crippen LogP contribution in [0.4, 0.5) is 4.79 Å². The van der Waals surface area contributed by atoms with Gasteiger partial charge in [0.15, 0.2) is 0 Å². The summed E-state index contributed by atoms with van der Waals surface area (Å²) < 4.78 is 5.13. The molecule has 0 unspecified atom stereocenters. The van der Waals surface area contributed by atoms with Crippen molar-refractivity contribution in [3.63, 3.8) is 0 Å². The summed E-state index contributed by atoms with van der Waals surface area (Å²) in [4.78, 5) is 13.2. The van der Waals surface area contributed by atoms with E-state index in [0.717, 1.165) is 32.2 Å². The molecule has 0 aromatic heterocycles. The minimum absolute atomic E-state index is 0.299. The Bertz CT molecular complexity index is 361. The first kappa shape index (κ1) is 19.2. The summed E-state index contributed by atoms with van der Waals surface area (Å²) in [5.41, 5.74) is -0.463. The topological polar surface area (TPSA) is 89.2 Å². The van der Waals surface area contributed by atoms with Gasteiger partial charge in [-0.1, -0.05) is 12.8 Å². The van der Waals surface area contributed by atoms with Crippen molar-refractivity contribution in [3.05, 3.63) is 0 Å². The van der Waals surface area contributed by atoms with Crippen LogP contribution in [0.15, 0.2) is 0 Å². The quantitative estimate of drug-likeness (QED) is 0.521. The molecule has 0 fully saturated rings. The van der Waals surface area contributed by atoms with E-state index in [1.807, 2.05) is 25.7 Å². The Hall–Kier alpha value is -1.79. The van der Waals surface area contributed by atoms with E-state index in [2.05, 4.69) is 17.5 Å². The molecule has 1 amide bonds. The van der Waals surface area contributed by atoms with Crippen LogP contribution >= 0.6 is 0 Å². The van der Waals surface area contributed by atoms with Crippen molar-refractivity contribution in [1.82, 2.24) is 10.2 Å². The van der Waals surface area contributed by atoms with E-state index in [9.17, 15) is 4.79 Å². The Kier molecular flexibility index (Phi) is 10.0. The number of ether oxygens (including phenoxy) is 1. The van der Waals surface area contributed by atoms with E-state index in [0.29, 0.717) is 19.6 Å². The van der Waals surface area contributed by atoms with Crippen LogP contribution in [0.5, 0.6) is 0 Å². The first-order valence-corrected chi connectivity index (χ1v) is 7.32. The minimum atomic E-state index is -0.463. The van der Waals surface area contributed by atoms with Gasteiger partial charge >= 0.3 is 6.09 Å². The summed E-state index contributed by atoms with van der Waals surface area (Å²) in [6, 6.07) is 4.12. The molecule has 0 saturated carbocycles. The zero-order valence-electron chi connectivity index (χ0n) is 13.3. The van der Waals surface area contributed by atoms with E-state index in [-0.39, 0.29) is 6.09 Å². The minimum Gasteiger partial charge on any atom is -0.444 e. The summed E-state index contributed by atoms with van der Waals surface area (Å²) in [6.07, 6.45) is 3.49. The number of nitriles is 2.